The summed E-state index contributed by atoms with van der Waals surface area (Å²) in [5.41, 5.74) is 6.65. The fourth-order valence-electron chi connectivity index (χ4n) is 1.41. The Kier molecular flexibility index (Phi) is 3.24. The van der Waals surface area contributed by atoms with Crippen LogP contribution in [0.1, 0.15) is 19.3 Å². The quantitative estimate of drug-likeness (QED) is 0.625. The van der Waals surface area contributed by atoms with Crippen LogP contribution in [0.25, 0.3) is 0 Å². The third kappa shape index (κ3) is 2.58. The summed E-state index contributed by atoms with van der Waals surface area (Å²) in [5.74, 6) is 2.12. The number of nitrogen functional groups attached to an aromatic ring is 1. The Hall–Kier alpha value is -0.340. The second-order valence-corrected chi connectivity index (χ2v) is 5.25. The van der Waals surface area contributed by atoms with Gasteiger partial charge in [0.25, 0.3) is 0 Å². The van der Waals surface area contributed by atoms with Crippen molar-refractivity contribution in [1.29, 1.82) is 0 Å². The van der Waals surface area contributed by atoms with Crippen molar-refractivity contribution >= 4 is 29.1 Å². The largest absolute Gasteiger partial charge is 0.398 e. The van der Waals surface area contributed by atoms with Crippen molar-refractivity contribution in [2.75, 3.05) is 11.5 Å². The van der Waals surface area contributed by atoms with Crippen molar-refractivity contribution in [2.24, 2.45) is 5.92 Å². The summed E-state index contributed by atoms with van der Waals surface area (Å²) in [6.45, 7) is 0. The van der Waals surface area contributed by atoms with Crippen LogP contribution in [0.3, 0.4) is 0 Å². The number of hydrogen-bond donors (Lipinski definition) is 1. The van der Waals surface area contributed by atoms with Crippen molar-refractivity contribution in [3.8, 4) is 0 Å². The smallest absolute Gasteiger partial charge is 0.0562 e. The van der Waals surface area contributed by atoms with Gasteiger partial charge in [-0.2, -0.15) is 0 Å². The van der Waals surface area contributed by atoms with Crippen molar-refractivity contribution in [3.05, 3.63) is 23.2 Å². The third-order valence-corrected chi connectivity index (χ3v) is 4.08. The van der Waals surface area contributed by atoms with E-state index in [4.69, 9.17) is 17.3 Å². The van der Waals surface area contributed by atoms with Crippen LogP contribution < -0.4 is 5.73 Å². The first kappa shape index (κ1) is 10.2. The van der Waals surface area contributed by atoms with Crippen LogP contribution >= 0.6 is 23.4 Å². The number of hydrogen-bond acceptors (Lipinski definition) is 2. The van der Waals surface area contributed by atoms with Crippen LogP contribution in [0, 0.1) is 5.92 Å². The Labute approximate surface area is 94.0 Å². The van der Waals surface area contributed by atoms with Gasteiger partial charge in [0, 0.05) is 10.6 Å². The highest BCUT2D eigenvalue weighted by Crippen LogP contribution is 2.37. The van der Waals surface area contributed by atoms with Crippen molar-refractivity contribution in [3.63, 3.8) is 0 Å². The molecule has 1 aliphatic rings. The second-order valence-electron chi connectivity index (χ2n) is 3.74. The fraction of sp³-hybridized carbons (Fsp3) is 0.455. The molecule has 1 aliphatic carbocycles. The molecule has 1 aromatic carbocycles. The molecule has 2 N–H and O–H groups in total. The molecule has 0 saturated heterocycles. The van der Waals surface area contributed by atoms with E-state index in [9.17, 15) is 0 Å². The molecular formula is C11H14ClNS. The molecule has 1 fully saturated rings. The van der Waals surface area contributed by atoms with Gasteiger partial charge in [0.05, 0.1) is 5.02 Å². The number of benzene rings is 1. The maximum Gasteiger partial charge on any atom is 0.0562 e. The molecule has 0 bridgehead atoms. The number of thioether (sulfide) groups is 1. The minimum Gasteiger partial charge on any atom is -0.398 e. The third-order valence-electron chi connectivity index (χ3n) is 2.47. The van der Waals surface area contributed by atoms with Crippen LogP contribution in [0.15, 0.2) is 23.1 Å². The molecule has 0 unspecified atom stereocenters. The Balaban J connectivity index is 1.92. The van der Waals surface area contributed by atoms with E-state index in [2.05, 4.69) is 0 Å². The summed E-state index contributed by atoms with van der Waals surface area (Å²) >= 11 is 7.84. The Morgan fingerprint density at radius 1 is 1.43 bits per heavy atom. The van der Waals surface area contributed by atoms with Crippen LogP contribution in [0.5, 0.6) is 0 Å². The fourth-order valence-corrected chi connectivity index (χ4v) is 2.85. The van der Waals surface area contributed by atoms with E-state index in [1.54, 1.807) is 11.8 Å². The summed E-state index contributed by atoms with van der Waals surface area (Å²) in [6.07, 6.45) is 4.13. The number of nitrogens with two attached hydrogens (primary N) is 1. The molecule has 1 aromatic rings. The van der Waals surface area contributed by atoms with E-state index >= 15 is 0 Å². The topological polar surface area (TPSA) is 26.0 Å². The van der Waals surface area contributed by atoms with Crippen LogP contribution in [0.4, 0.5) is 5.69 Å². The Morgan fingerprint density at radius 3 is 2.86 bits per heavy atom. The van der Waals surface area contributed by atoms with Crippen LogP contribution in [-0.2, 0) is 0 Å². The SMILES string of the molecule is Nc1cccc(Cl)c1SCCC1CC1. The summed E-state index contributed by atoms with van der Waals surface area (Å²) in [4.78, 5) is 1.05. The summed E-state index contributed by atoms with van der Waals surface area (Å²) < 4.78 is 0. The first-order chi connectivity index (χ1) is 6.77. The van der Waals surface area contributed by atoms with Crippen LogP contribution in [0.2, 0.25) is 5.02 Å². The van der Waals surface area contributed by atoms with Crippen molar-refractivity contribution in [1.82, 2.24) is 0 Å². The van der Waals surface area contributed by atoms with Gasteiger partial charge < -0.3 is 5.73 Å². The highest BCUT2D eigenvalue weighted by Gasteiger charge is 2.20. The molecule has 2 rings (SSSR count). The normalized spacial score (nSPS) is 15.8. The maximum atomic E-state index is 6.06. The predicted molar refractivity (Wildman–Crippen MR) is 63.9 cm³/mol. The van der Waals surface area contributed by atoms with E-state index in [1.807, 2.05) is 18.2 Å². The standard InChI is InChI=1S/C11H14ClNS/c12-9-2-1-3-10(13)11(9)14-7-6-8-4-5-8/h1-3,8H,4-7,13H2. The molecule has 3 heteroatoms. The molecule has 76 valence electrons. The lowest BCUT2D eigenvalue weighted by Gasteiger charge is -2.06. The number of anilines is 1. The highest BCUT2D eigenvalue weighted by atomic mass is 35.5. The highest BCUT2D eigenvalue weighted by molar-refractivity contribution is 7.99. The second kappa shape index (κ2) is 4.45. The van der Waals surface area contributed by atoms with Crippen LogP contribution in [-0.4, -0.2) is 5.75 Å². The lowest BCUT2D eigenvalue weighted by molar-refractivity contribution is 0.809. The van der Waals surface area contributed by atoms with E-state index in [1.165, 1.54) is 19.3 Å². The summed E-state index contributed by atoms with van der Waals surface area (Å²) in [7, 11) is 0. The number of halogens is 1. The van der Waals surface area contributed by atoms with E-state index in [0.29, 0.717) is 0 Å². The zero-order chi connectivity index (χ0) is 9.97. The van der Waals surface area contributed by atoms with Gasteiger partial charge in [0.2, 0.25) is 0 Å². The van der Waals surface area contributed by atoms with Crippen molar-refractivity contribution < 1.29 is 0 Å². The van der Waals surface area contributed by atoms with Gasteiger partial charge in [-0.25, -0.2) is 0 Å². The van der Waals surface area contributed by atoms with Gasteiger partial charge in [-0.15, -0.1) is 11.8 Å². The van der Waals surface area contributed by atoms with Gasteiger partial charge in [0.1, 0.15) is 0 Å². The molecule has 0 amide bonds. The van der Waals surface area contributed by atoms with Gasteiger partial charge >= 0.3 is 0 Å². The van der Waals surface area contributed by atoms with E-state index < -0.39 is 0 Å². The minimum absolute atomic E-state index is 0.783. The average molecular weight is 228 g/mol. The van der Waals surface area contributed by atoms with E-state index in [0.717, 1.165) is 27.3 Å². The zero-order valence-corrected chi connectivity index (χ0v) is 9.57. The molecule has 0 heterocycles. The average Bonchev–Trinajstić information content (AvgIpc) is 2.94. The molecule has 1 saturated carbocycles. The first-order valence-electron chi connectivity index (χ1n) is 4.94. The number of rotatable bonds is 4. The summed E-state index contributed by atoms with van der Waals surface area (Å²) in [5, 5.41) is 0.783. The molecule has 14 heavy (non-hydrogen) atoms. The molecule has 0 aromatic heterocycles. The van der Waals surface area contributed by atoms with Gasteiger partial charge in [0.15, 0.2) is 0 Å². The van der Waals surface area contributed by atoms with Crippen molar-refractivity contribution in [2.45, 2.75) is 24.2 Å². The maximum absolute atomic E-state index is 6.06. The Bertz CT molecular complexity index is 303. The monoisotopic (exact) mass is 227 g/mol. The zero-order valence-electron chi connectivity index (χ0n) is 8.00. The minimum atomic E-state index is 0.783. The van der Waals surface area contributed by atoms with Gasteiger partial charge in [-0.3, -0.25) is 0 Å². The first-order valence-corrected chi connectivity index (χ1v) is 6.30. The predicted octanol–water partition coefficient (Wildman–Crippen LogP) is 3.81. The molecule has 0 spiro atoms. The molecule has 0 atom stereocenters. The van der Waals surface area contributed by atoms with Gasteiger partial charge in [-0.05, 0) is 30.2 Å². The Morgan fingerprint density at radius 2 is 2.21 bits per heavy atom. The lowest BCUT2D eigenvalue weighted by atomic mass is 10.3. The van der Waals surface area contributed by atoms with E-state index in [-0.39, 0.29) is 0 Å². The lowest BCUT2D eigenvalue weighted by Crippen LogP contribution is -1.90. The molecule has 0 aliphatic heterocycles. The van der Waals surface area contributed by atoms with Gasteiger partial charge in [-0.1, -0.05) is 30.5 Å². The molecule has 0 radical (unpaired) electrons. The molecular weight excluding hydrogens is 214 g/mol. The molecule has 1 nitrogen and oxygen atoms in total. The summed E-state index contributed by atoms with van der Waals surface area (Å²) in [6, 6.07) is 5.70.